The molecule has 0 fully saturated rings. The number of methoxy groups -OCH3 is 2. The Balaban J connectivity index is 2.95. The van der Waals surface area contributed by atoms with Gasteiger partial charge in [-0.2, -0.15) is 0 Å². The summed E-state index contributed by atoms with van der Waals surface area (Å²) in [7, 11) is 1.07. The van der Waals surface area contributed by atoms with Crippen molar-refractivity contribution in [2.75, 3.05) is 20.8 Å². The van der Waals surface area contributed by atoms with E-state index in [1.807, 2.05) is 37.3 Å². The van der Waals surface area contributed by atoms with Gasteiger partial charge in [0.1, 0.15) is 5.75 Å². The highest BCUT2D eigenvalue weighted by Crippen LogP contribution is 2.38. The van der Waals surface area contributed by atoms with Gasteiger partial charge in [0.25, 0.3) is 0 Å². The molecule has 0 aliphatic heterocycles. The third kappa shape index (κ3) is 10.9. The summed E-state index contributed by atoms with van der Waals surface area (Å²) in [6.45, 7) is 20.7. The van der Waals surface area contributed by atoms with Crippen LogP contribution in [0.4, 0.5) is 0 Å². The molecule has 36 heavy (non-hydrogen) atoms. The first kappa shape index (κ1) is 31.9. The monoisotopic (exact) mass is 516 g/mol. The van der Waals surface area contributed by atoms with Gasteiger partial charge in [-0.3, -0.25) is 0 Å². The van der Waals surface area contributed by atoms with E-state index >= 15 is 0 Å². The molecule has 2 atom stereocenters. The van der Waals surface area contributed by atoms with Crippen LogP contribution in [0.2, 0.25) is 18.1 Å². The number of carbonyl (C=O) groups excluding carboxylic acids is 1. The van der Waals surface area contributed by atoms with E-state index in [1.165, 1.54) is 12.7 Å². The van der Waals surface area contributed by atoms with Crippen molar-refractivity contribution < 1.29 is 23.4 Å². The van der Waals surface area contributed by atoms with E-state index in [9.17, 15) is 4.79 Å². The van der Waals surface area contributed by atoms with Crippen molar-refractivity contribution >= 4 is 14.3 Å². The van der Waals surface area contributed by atoms with Crippen LogP contribution < -0.4 is 4.74 Å². The SMILES string of the molecule is COC(=O)/C(C)=C\C(C)=C/[C@H](C)[C@@H](/C=C(\C)CCOCc1ccc(OC)cc1)O[Si](C)(C)C(C)(C)C. The van der Waals surface area contributed by atoms with Gasteiger partial charge in [0.2, 0.25) is 0 Å². The highest BCUT2D eigenvalue weighted by atomic mass is 28.4. The minimum Gasteiger partial charge on any atom is -0.497 e. The van der Waals surface area contributed by atoms with Crippen molar-refractivity contribution in [2.24, 2.45) is 5.92 Å². The molecule has 0 aliphatic carbocycles. The second-order valence-electron chi connectivity index (χ2n) is 11.1. The van der Waals surface area contributed by atoms with E-state index in [0.717, 1.165) is 23.3 Å². The average Bonchev–Trinajstić information content (AvgIpc) is 2.80. The lowest BCUT2D eigenvalue weighted by Gasteiger charge is -2.40. The minimum atomic E-state index is -2.00. The summed E-state index contributed by atoms with van der Waals surface area (Å²) in [5.74, 6) is 0.672. The Bertz CT molecular complexity index is 920. The molecule has 1 rings (SSSR count). The Morgan fingerprint density at radius 2 is 1.64 bits per heavy atom. The van der Waals surface area contributed by atoms with Crippen LogP contribution in [-0.4, -0.2) is 41.2 Å². The molecule has 0 bridgehead atoms. The van der Waals surface area contributed by atoms with E-state index in [0.29, 0.717) is 18.8 Å². The molecule has 0 spiro atoms. The second-order valence-corrected chi connectivity index (χ2v) is 15.9. The van der Waals surface area contributed by atoms with Crippen LogP contribution in [0.25, 0.3) is 0 Å². The molecule has 6 heteroatoms. The lowest BCUT2D eigenvalue weighted by Crippen LogP contribution is -2.45. The van der Waals surface area contributed by atoms with Crippen molar-refractivity contribution in [1.29, 1.82) is 0 Å². The Hall–Kier alpha value is -2.15. The van der Waals surface area contributed by atoms with Crippen LogP contribution in [0.1, 0.15) is 60.5 Å². The second kappa shape index (κ2) is 14.6. The van der Waals surface area contributed by atoms with E-state index in [4.69, 9.17) is 18.6 Å². The third-order valence-corrected chi connectivity index (χ3v) is 11.2. The maximum atomic E-state index is 11.8. The van der Waals surface area contributed by atoms with Gasteiger partial charge in [-0.05, 0) is 69.1 Å². The summed E-state index contributed by atoms with van der Waals surface area (Å²) in [6, 6.07) is 7.95. The topological polar surface area (TPSA) is 54.0 Å². The molecule has 0 amide bonds. The molecule has 0 saturated heterocycles. The zero-order valence-corrected chi connectivity index (χ0v) is 25.4. The largest absolute Gasteiger partial charge is 0.497 e. The van der Waals surface area contributed by atoms with Crippen molar-refractivity contribution in [2.45, 2.75) is 85.7 Å². The van der Waals surface area contributed by atoms with Crippen molar-refractivity contribution in [1.82, 2.24) is 0 Å². The smallest absolute Gasteiger partial charge is 0.333 e. The standard InChI is InChI=1S/C30H48O5Si/c1-22(16-17-34-21-26-12-14-27(32-8)15-13-26)20-28(35-36(10,11)30(5,6)7)24(3)18-23(2)19-25(4)29(31)33-9/h12-15,18-20,24,28H,16-17,21H2,1-11H3/b22-20+,23-18-,25-19-/t24-,28+/m0/s1. The van der Waals surface area contributed by atoms with Crippen molar-refractivity contribution in [3.63, 3.8) is 0 Å². The molecule has 202 valence electrons. The maximum Gasteiger partial charge on any atom is 0.333 e. The number of rotatable bonds is 13. The van der Waals surface area contributed by atoms with Gasteiger partial charge in [0.05, 0.1) is 33.5 Å². The number of hydrogen-bond donors (Lipinski definition) is 0. The van der Waals surface area contributed by atoms with Gasteiger partial charge in [-0.25, -0.2) is 4.79 Å². The number of hydrogen-bond acceptors (Lipinski definition) is 5. The average molecular weight is 517 g/mol. The highest BCUT2D eigenvalue weighted by molar-refractivity contribution is 6.74. The Kier molecular flexibility index (Phi) is 12.9. The normalized spacial score (nSPS) is 15.5. The molecule has 0 aliphatic rings. The first-order valence-electron chi connectivity index (χ1n) is 12.7. The Morgan fingerprint density at radius 1 is 1.03 bits per heavy atom. The number of allylic oxidation sites excluding steroid dienone is 2. The molecule has 0 radical (unpaired) electrons. The molecule has 5 nitrogen and oxygen atoms in total. The van der Waals surface area contributed by atoms with Crippen LogP contribution in [0.5, 0.6) is 5.75 Å². The molecule has 0 heterocycles. The lowest BCUT2D eigenvalue weighted by molar-refractivity contribution is -0.136. The molecule has 1 aromatic carbocycles. The van der Waals surface area contributed by atoms with Gasteiger partial charge in [0.15, 0.2) is 8.32 Å². The summed E-state index contributed by atoms with van der Waals surface area (Å²) in [4.78, 5) is 11.8. The van der Waals surface area contributed by atoms with Crippen molar-refractivity contribution in [3.8, 4) is 5.75 Å². The predicted molar refractivity (Wildman–Crippen MR) is 152 cm³/mol. The Labute approximate surface area is 220 Å². The number of esters is 1. The maximum absolute atomic E-state index is 11.8. The molecule has 0 unspecified atom stereocenters. The number of ether oxygens (including phenoxy) is 3. The van der Waals surface area contributed by atoms with Gasteiger partial charge >= 0.3 is 5.97 Å². The Morgan fingerprint density at radius 3 is 2.17 bits per heavy atom. The quantitative estimate of drug-likeness (QED) is 0.0673. The van der Waals surface area contributed by atoms with Gasteiger partial charge in [-0.15, -0.1) is 0 Å². The predicted octanol–water partition coefficient (Wildman–Crippen LogP) is 7.64. The minimum absolute atomic E-state index is 0.0609. The summed E-state index contributed by atoms with van der Waals surface area (Å²) < 4.78 is 22.8. The van der Waals surface area contributed by atoms with E-state index in [1.54, 1.807) is 14.0 Å². The lowest BCUT2D eigenvalue weighted by atomic mass is 9.98. The molecular weight excluding hydrogens is 468 g/mol. The van der Waals surface area contributed by atoms with E-state index in [2.05, 4.69) is 59.9 Å². The fourth-order valence-corrected chi connectivity index (χ4v) is 4.75. The fourth-order valence-electron chi connectivity index (χ4n) is 3.44. The number of carbonyl (C=O) groups is 1. The van der Waals surface area contributed by atoms with E-state index < -0.39 is 8.32 Å². The molecular formula is C30H48O5Si. The van der Waals surface area contributed by atoms with Crippen LogP contribution >= 0.6 is 0 Å². The summed E-state index contributed by atoms with van der Waals surface area (Å²) in [5.41, 5.74) is 3.97. The van der Waals surface area contributed by atoms with Gasteiger partial charge < -0.3 is 18.6 Å². The molecule has 0 saturated carbocycles. The third-order valence-electron chi connectivity index (χ3n) is 6.75. The van der Waals surface area contributed by atoms with Crippen LogP contribution in [0, 0.1) is 5.92 Å². The van der Waals surface area contributed by atoms with Crippen LogP contribution in [0.15, 0.2) is 59.2 Å². The van der Waals surface area contributed by atoms with E-state index in [-0.39, 0.29) is 23.0 Å². The fraction of sp³-hybridized carbons (Fsp3) is 0.567. The zero-order chi connectivity index (χ0) is 27.5. The first-order chi connectivity index (χ1) is 16.7. The van der Waals surface area contributed by atoms with Crippen LogP contribution in [-0.2, 0) is 25.3 Å². The molecule has 1 aromatic rings. The van der Waals surface area contributed by atoms with Crippen LogP contribution in [0.3, 0.4) is 0 Å². The first-order valence-corrected chi connectivity index (χ1v) is 15.6. The molecule has 0 aromatic heterocycles. The highest BCUT2D eigenvalue weighted by Gasteiger charge is 2.39. The summed E-state index contributed by atoms with van der Waals surface area (Å²) >= 11 is 0. The summed E-state index contributed by atoms with van der Waals surface area (Å²) in [6.07, 6.45) is 7.07. The zero-order valence-electron chi connectivity index (χ0n) is 24.4. The van der Waals surface area contributed by atoms with Gasteiger partial charge in [-0.1, -0.05) is 63.1 Å². The number of benzene rings is 1. The van der Waals surface area contributed by atoms with Gasteiger partial charge in [0, 0.05) is 11.5 Å². The molecule has 0 N–H and O–H groups in total. The summed E-state index contributed by atoms with van der Waals surface area (Å²) in [5, 5.41) is 0.105. The van der Waals surface area contributed by atoms with Crippen molar-refractivity contribution in [3.05, 3.63) is 64.8 Å².